The molecule has 1 aliphatic carbocycles. The molecular formula is C25H26FNO3S. The number of nitrogens with one attached hydrogen (secondary N) is 1. The van der Waals surface area contributed by atoms with Crippen LogP contribution in [0.4, 0.5) is 4.39 Å². The third-order valence-corrected chi connectivity index (χ3v) is 6.76. The largest absolute Gasteiger partial charge is 0.462 e. The van der Waals surface area contributed by atoms with Crippen molar-refractivity contribution in [2.75, 3.05) is 6.61 Å². The van der Waals surface area contributed by atoms with Crippen molar-refractivity contribution in [2.45, 2.75) is 45.4 Å². The number of benzene rings is 1. The summed E-state index contributed by atoms with van der Waals surface area (Å²) in [5.41, 5.74) is 3.00. The second kappa shape index (κ2) is 8.79. The van der Waals surface area contributed by atoms with E-state index < -0.39 is 17.7 Å². The molecule has 31 heavy (non-hydrogen) atoms. The lowest BCUT2D eigenvalue weighted by molar-refractivity contribution is -0.140. The zero-order chi connectivity index (χ0) is 22.1. The summed E-state index contributed by atoms with van der Waals surface area (Å²) < 4.78 is 19.7. The average molecular weight is 440 g/mol. The predicted octanol–water partition coefficient (Wildman–Crippen LogP) is 5.45. The van der Waals surface area contributed by atoms with Gasteiger partial charge in [0.05, 0.1) is 12.2 Å². The van der Waals surface area contributed by atoms with Crippen molar-refractivity contribution >= 4 is 23.1 Å². The normalized spacial score (nSPS) is 21.3. The van der Waals surface area contributed by atoms with E-state index in [1.165, 1.54) is 17.0 Å². The highest BCUT2D eigenvalue weighted by Crippen LogP contribution is 2.46. The number of ketones is 1. The maximum Gasteiger partial charge on any atom is 0.336 e. The van der Waals surface area contributed by atoms with Crippen molar-refractivity contribution in [2.24, 2.45) is 5.92 Å². The van der Waals surface area contributed by atoms with E-state index in [1.807, 2.05) is 32.2 Å². The summed E-state index contributed by atoms with van der Waals surface area (Å²) in [6, 6.07) is 10.2. The minimum absolute atomic E-state index is 0.0110. The zero-order valence-corrected chi connectivity index (χ0v) is 18.7. The number of hydrogen-bond acceptors (Lipinski definition) is 5. The number of ether oxygens (including phenoxy) is 1. The smallest absolute Gasteiger partial charge is 0.336 e. The summed E-state index contributed by atoms with van der Waals surface area (Å²) in [5, 5.41) is 5.34. The Labute approximate surface area is 185 Å². The van der Waals surface area contributed by atoms with Gasteiger partial charge in [0.1, 0.15) is 5.82 Å². The van der Waals surface area contributed by atoms with Crippen LogP contribution in [0.25, 0.3) is 0 Å². The number of allylic oxidation sites excluding steroid dienone is 3. The summed E-state index contributed by atoms with van der Waals surface area (Å²) >= 11 is 1.65. The van der Waals surface area contributed by atoms with Gasteiger partial charge in [-0.05, 0) is 48.4 Å². The molecule has 0 saturated heterocycles. The average Bonchev–Trinajstić information content (AvgIpc) is 3.25. The summed E-state index contributed by atoms with van der Waals surface area (Å²) in [5.74, 6) is -1.22. The molecule has 1 aromatic carbocycles. The molecule has 4 rings (SSSR count). The molecule has 2 aliphatic rings. The van der Waals surface area contributed by atoms with Crippen LogP contribution in [0.2, 0.25) is 0 Å². The fraction of sp³-hybridized carbons (Fsp3) is 0.360. The molecule has 0 spiro atoms. The number of dihydropyridines is 1. The standard InChI is InChI=1S/C25H26FNO3S/c1-14(2)13-30-25(29)22-15(3)27-19-11-17(21-8-5-9-31-21)12-20(28)24(19)23(22)16-6-4-7-18(26)10-16/h4-10,14,17,23,27H,11-13H2,1-3H3. The Balaban J connectivity index is 1.77. The molecule has 2 atom stereocenters. The van der Waals surface area contributed by atoms with Gasteiger partial charge >= 0.3 is 5.97 Å². The van der Waals surface area contributed by atoms with Crippen molar-refractivity contribution in [3.8, 4) is 0 Å². The quantitative estimate of drug-likeness (QED) is 0.630. The first kappa shape index (κ1) is 21.5. The highest BCUT2D eigenvalue weighted by Gasteiger charge is 2.41. The predicted molar refractivity (Wildman–Crippen MR) is 119 cm³/mol. The van der Waals surface area contributed by atoms with Crippen LogP contribution in [-0.4, -0.2) is 18.4 Å². The summed E-state index contributed by atoms with van der Waals surface area (Å²) in [6.45, 7) is 6.04. The summed E-state index contributed by atoms with van der Waals surface area (Å²) in [7, 11) is 0. The van der Waals surface area contributed by atoms with Crippen molar-refractivity contribution in [3.63, 3.8) is 0 Å². The molecule has 1 N–H and O–H groups in total. The van der Waals surface area contributed by atoms with Gasteiger partial charge in [0.15, 0.2) is 5.78 Å². The Kier molecular flexibility index (Phi) is 6.10. The first-order chi connectivity index (χ1) is 14.8. The van der Waals surface area contributed by atoms with Crippen molar-refractivity contribution in [1.29, 1.82) is 0 Å². The lowest BCUT2D eigenvalue weighted by Crippen LogP contribution is -2.36. The van der Waals surface area contributed by atoms with E-state index in [2.05, 4.69) is 11.4 Å². The summed E-state index contributed by atoms with van der Waals surface area (Å²) in [6.07, 6.45) is 1.05. The molecule has 2 heterocycles. The number of Topliss-reactive ketones (excluding diaryl/α,β-unsaturated/α-hetero) is 1. The number of esters is 1. The third-order valence-electron chi connectivity index (χ3n) is 5.72. The molecular weight excluding hydrogens is 413 g/mol. The maximum atomic E-state index is 14.1. The van der Waals surface area contributed by atoms with Gasteiger partial charge in [-0.1, -0.05) is 32.0 Å². The van der Waals surface area contributed by atoms with Crippen LogP contribution >= 0.6 is 11.3 Å². The molecule has 4 nitrogen and oxygen atoms in total. The molecule has 2 unspecified atom stereocenters. The van der Waals surface area contributed by atoms with E-state index in [0.717, 1.165) is 5.70 Å². The van der Waals surface area contributed by atoms with E-state index in [1.54, 1.807) is 23.5 Å². The number of carbonyl (C=O) groups is 2. The molecule has 162 valence electrons. The van der Waals surface area contributed by atoms with Crippen LogP contribution in [0.3, 0.4) is 0 Å². The minimum Gasteiger partial charge on any atom is -0.462 e. The van der Waals surface area contributed by atoms with Crippen LogP contribution in [0.1, 0.15) is 55.9 Å². The number of thiophene rings is 1. The highest BCUT2D eigenvalue weighted by atomic mass is 32.1. The Morgan fingerprint density at radius 2 is 2.06 bits per heavy atom. The first-order valence-electron chi connectivity index (χ1n) is 10.5. The third kappa shape index (κ3) is 4.35. The number of rotatable bonds is 5. The molecule has 6 heteroatoms. The van der Waals surface area contributed by atoms with Crippen molar-refractivity contribution in [3.05, 3.63) is 80.6 Å². The molecule has 0 radical (unpaired) electrons. The van der Waals surface area contributed by atoms with E-state index in [-0.39, 0.29) is 24.2 Å². The van der Waals surface area contributed by atoms with Crippen LogP contribution in [0.15, 0.2) is 64.3 Å². The van der Waals surface area contributed by atoms with Crippen LogP contribution in [0, 0.1) is 11.7 Å². The fourth-order valence-corrected chi connectivity index (χ4v) is 5.20. The monoisotopic (exact) mass is 439 g/mol. The van der Waals surface area contributed by atoms with Crippen molar-refractivity contribution < 1.29 is 18.7 Å². The molecule has 1 aliphatic heterocycles. The molecule has 0 fully saturated rings. The summed E-state index contributed by atoms with van der Waals surface area (Å²) in [4.78, 5) is 27.6. The minimum atomic E-state index is -0.636. The van der Waals surface area contributed by atoms with Crippen LogP contribution < -0.4 is 5.32 Å². The fourth-order valence-electron chi connectivity index (χ4n) is 4.37. The topological polar surface area (TPSA) is 55.4 Å². The van der Waals surface area contributed by atoms with Gasteiger partial charge in [-0.3, -0.25) is 4.79 Å². The number of hydrogen-bond donors (Lipinski definition) is 1. The Morgan fingerprint density at radius 3 is 2.74 bits per heavy atom. The Bertz CT molecular complexity index is 1070. The van der Waals surface area contributed by atoms with Gasteiger partial charge in [-0.2, -0.15) is 0 Å². The van der Waals surface area contributed by atoms with Gasteiger partial charge in [0, 0.05) is 40.1 Å². The molecule has 2 aromatic rings. The Hall–Kier alpha value is -2.73. The second-order valence-corrected chi connectivity index (χ2v) is 9.56. The highest BCUT2D eigenvalue weighted by molar-refractivity contribution is 7.10. The van der Waals surface area contributed by atoms with Crippen LogP contribution in [-0.2, 0) is 14.3 Å². The molecule has 0 amide bonds. The van der Waals surface area contributed by atoms with E-state index >= 15 is 0 Å². The molecule has 0 saturated carbocycles. The lowest BCUT2D eigenvalue weighted by Gasteiger charge is -2.36. The number of halogens is 1. The second-order valence-electron chi connectivity index (χ2n) is 8.58. The maximum absolute atomic E-state index is 14.1. The Morgan fingerprint density at radius 1 is 1.26 bits per heavy atom. The van der Waals surface area contributed by atoms with Gasteiger partial charge in [0.25, 0.3) is 0 Å². The molecule has 1 aromatic heterocycles. The van der Waals surface area contributed by atoms with Gasteiger partial charge < -0.3 is 10.1 Å². The first-order valence-corrected chi connectivity index (χ1v) is 11.4. The van der Waals surface area contributed by atoms with Gasteiger partial charge in [-0.25, -0.2) is 9.18 Å². The van der Waals surface area contributed by atoms with Gasteiger partial charge in [0.2, 0.25) is 0 Å². The van der Waals surface area contributed by atoms with Crippen LogP contribution in [0.5, 0.6) is 0 Å². The van der Waals surface area contributed by atoms with E-state index in [9.17, 15) is 14.0 Å². The zero-order valence-electron chi connectivity index (χ0n) is 17.9. The number of carbonyl (C=O) groups excluding carboxylic acids is 2. The lowest BCUT2D eigenvalue weighted by atomic mass is 9.72. The van der Waals surface area contributed by atoms with Gasteiger partial charge in [-0.15, -0.1) is 11.3 Å². The van der Waals surface area contributed by atoms with E-state index in [0.29, 0.717) is 35.2 Å². The van der Waals surface area contributed by atoms with E-state index in [4.69, 9.17) is 4.74 Å². The molecule has 0 bridgehead atoms. The van der Waals surface area contributed by atoms with Crippen molar-refractivity contribution in [1.82, 2.24) is 5.32 Å². The SMILES string of the molecule is CC1=C(C(=O)OCC(C)C)C(c2cccc(F)c2)C2=C(CC(c3cccs3)CC2=O)N1.